The molecule has 0 saturated carbocycles. The van der Waals surface area contributed by atoms with Gasteiger partial charge in [-0.25, -0.2) is 0 Å². The SMILES string of the molecule is N#Cc1cc(-c2ccc(N3c4ccccc4Oc4ccccc43)cc2)c(C#N)cc1-c1ccc(N2c3ccccc3Oc3ccccc32)cc1. The van der Waals surface area contributed by atoms with Crippen molar-refractivity contribution < 1.29 is 9.47 Å². The highest BCUT2D eigenvalue weighted by Gasteiger charge is 2.27. The summed E-state index contributed by atoms with van der Waals surface area (Å²) in [4.78, 5) is 4.34. The van der Waals surface area contributed by atoms with Crippen molar-refractivity contribution in [1.82, 2.24) is 0 Å². The largest absolute Gasteiger partial charge is 0.453 e. The zero-order valence-corrected chi connectivity index (χ0v) is 26.6. The van der Waals surface area contributed by atoms with Crippen molar-refractivity contribution in [1.29, 1.82) is 10.5 Å². The number of nitrogens with zero attached hydrogens (tertiary/aromatic N) is 4. The molecule has 0 spiro atoms. The lowest BCUT2D eigenvalue weighted by Crippen LogP contribution is -2.15. The molecule has 0 N–H and O–H groups in total. The van der Waals surface area contributed by atoms with E-state index in [0.717, 1.165) is 68.2 Å². The first-order valence-electron chi connectivity index (χ1n) is 16.2. The molecule has 9 rings (SSSR count). The second kappa shape index (κ2) is 11.8. The fourth-order valence-electron chi connectivity index (χ4n) is 6.81. The molecule has 6 nitrogen and oxygen atoms in total. The van der Waals surface area contributed by atoms with E-state index in [-0.39, 0.29) is 0 Å². The number of nitriles is 2. The first-order chi connectivity index (χ1) is 24.7. The van der Waals surface area contributed by atoms with E-state index in [0.29, 0.717) is 22.3 Å². The van der Waals surface area contributed by atoms with Crippen molar-refractivity contribution in [2.24, 2.45) is 0 Å². The van der Waals surface area contributed by atoms with Gasteiger partial charge in [-0.1, -0.05) is 72.8 Å². The van der Waals surface area contributed by atoms with Gasteiger partial charge in [0.1, 0.15) is 0 Å². The van der Waals surface area contributed by atoms with Crippen LogP contribution < -0.4 is 19.3 Å². The molecule has 0 saturated heterocycles. The molecule has 0 amide bonds. The summed E-state index contributed by atoms with van der Waals surface area (Å²) >= 11 is 0. The fraction of sp³-hybridized carbons (Fsp3) is 0. The third-order valence-corrected chi connectivity index (χ3v) is 9.14. The Hall–Kier alpha value is -7.28. The van der Waals surface area contributed by atoms with E-state index in [9.17, 15) is 10.5 Å². The smallest absolute Gasteiger partial charge is 0.151 e. The molecular formula is C44H26N4O2. The molecule has 7 aromatic rings. The lowest BCUT2D eigenvalue weighted by molar-refractivity contribution is 0.477. The number of rotatable bonds is 4. The van der Waals surface area contributed by atoms with Gasteiger partial charge in [-0.05, 0) is 96.1 Å². The van der Waals surface area contributed by atoms with Gasteiger partial charge >= 0.3 is 0 Å². The van der Waals surface area contributed by atoms with Crippen molar-refractivity contribution >= 4 is 34.1 Å². The Bertz CT molecular complexity index is 2260. The van der Waals surface area contributed by atoms with Crippen LogP contribution in [0.5, 0.6) is 23.0 Å². The first kappa shape index (κ1) is 28.9. The minimum absolute atomic E-state index is 0.494. The van der Waals surface area contributed by atoms with Crippen LogP contribution in [-0.2, 0) is 0 Å². The van der Waals surface area contributed by atoms with E-state index in [1.165, 1.54) is 0 Å². The van der Waals surface area contributed by atoms with Crippen LogP contribution in [0.2, 0.25) is 0 Å². The van der Waals surface area contributed by atoms with Gasteiger partial charge in [0.2, 0.25) is 0 Å². The molecule has 0 atom stereocenters. The van der Waals surface area contributed by atoms with Crippen molar-refractivity contribution in [3.63, 3.8) is 0 Å². The number of hydrogen-bond donors (Lipinski definition) is 0. The molecule has 234 valence electrons. The highest BCUT2D eigenvalue weighted by molar-refractivity contribution is 5.89. The molecule has 2 aliphatic heterocycles. The van der Waals surface area contributed by atoms with Crippen molar-refractivity contribution in [2.45, 2.75) is 0 Å². The standard InChI is InChI=1S/C44H26N4O2/c45-27-31-26-36(30-19-23-34(24-20-30)48-39-11-3-7-15-43(39)50-44-16-8-4-12-40(44)48)32(28-46)25-35(31)29-17-21-33(22-18-29)47-37-9-1-5-13-41(37)49-42-14-6-2-10-38(42)47/h1-26H. The summed E-state index contributed by atoms with van der Waals surface area (Å²) < 4.78 is 12.4. The van der Waals surface area contributed by atoms with Crippen LogP contribution in [0.25, 0.3) is 22.3 Å². The Morgan fingerprint density at radius 1 is 0.380 bits per heavy atom. The molecule has 0 aliphatic carbocycles. The van der Waals surface area contributed by atoms with E-state index in [1.807, 2.05) is 158 Å². The summed E-state index contributed by atoms with van der Waals surface area (Å²) in [5.74, 6) is 3.13. The first-order valence-corrected chi connectivity index (χ1v) is 16.2. The highest BCUT2D eigenvalue weighted by Crippen LogP contribution is 2.51. The zero-order valence-electron chi connectivity index (χ0n) is 26.6. The van der Waals surface area contributed by atoms with E-state index >= 15 is 0 Å². The fourth-order valence-corrected chi connectivity index (χ4v) is 6.81. The van der Waals surface area contributed by atoms with Gasteiger partial charge in [-0.15, -0.1) is 0 Å². The van der Waals surface area contributed by atoms with Crippen LogP contribution in [0, 0.1) is 22.7 Å². The highest BCUT2D eigenvalue weighted by atomic mass is 16.5. The van der Waals surface area contributed by atoms with E-state index in [2.05, 4.69) is 21.9 Å². The molecule has 6 heteroatoms. The predicted octanol–water partition coefficient (Wildman–Crippen LogP) is 11.9. The molecule has 0 bridgehead atoms. The van der Waals surface area contributed by atoms with Crippen LogP contribution in [0.1, 0.15) is 11.1 Å². The van der Waals surface area contributed by atoms with Crippen molar-refractivity contribution in [3.05, 3.63) is 169 Å². The summed E-state index contributed by atoms with van der Waals surface area (Å²) in [5, 5.41) is 20.6. The third-order valence-electron chi connectivity index (χ3n) is 9.14. The number of benzene rings is 7. The lowest BCUT2D eigenvalue weighted by Gasteiger charge is -2.32. The Morgan fingerprint density at radius 3 is 0.980 bits per heavy atom. The Kier molecular flexibility index (Phi) is 6.79. The second-order valence-electron chi connectivity index (χ2n) is 12.0. The van der Waals surface area contributed by atoms with Gasteiger partial charge < -0.3 is 19.3 Å². The number of anilines is 6. The van der Waals surface area contributed by atoms with Gasteiger partial charge in [-0.3, -0.25) is 0 Å². The third kappa shape index (κ3) is 4.72. The van der Waals surface area contributed by atoms with Gasteiger partial charge in [-0.2, -0.15) is 10.5 Å². The summed E-state index contributed by atoms with van der Waals surface area (Å²) in [6.07, 6.45) is 0. The monoisotopic (exact) mass is 642 g/mol. The summed E-state index contributed by atoms with van der Waals surface area (Å²) in [6, 6.07) is 56.4. The topological polar surface area (TPSA) is 72.5 Å². The number of hydrogen-bond acceptors (Lipinski definition) is 6. The molecule has 50 heavy (non-hydrogen) atoms. The maximum Gasteiger partial charge on any atom is 0.151 e. The average Bonchev–Trinajstić information content (AvgIpc) is 3.18. The maximum atomic E-state index is 10.3. The quantitative estimate of drug-likeness (QED) is 0.190. The summed E-state index contributed by atoms with van der Waals surface area (Å²) in [6.45, 7) is 0. The summed E-state index contributed by atoms with van der Waals surface area (Å²) in [7, 11) is 0. The molecular weight excluding hydrogens is 617 g/mol. The summed E-state index contributed by atoms with van der Waals surface area (Å²) in [5.41, 5.74) is 9.80. The van der Waals surface area contributed by atoms with Crippen LogP contribution in [0.3, 0.4) is 0 Å². The predicted molar refractivity (Wildman–Crippen MR) is 196 cm³/mol. The van der Waals surface area contributed by atoms with Crippen LogP contribution in [0.4, 0.5) is 34.1 Å². The second-order valence-corrected chi connectivity index (χ2v) is 12.0. The molecule has 2 heterocycles. The van der Waals surface area contributed by atoms with Crippen molar-refractivity contribution in [2.75, 3.05) is 9.80 Å². The Morgan fingerprint density at radius 2 is 0.680 bits per heavy atom. The Labute approximate surface area is 289 Å². The number of para-hydroxylation sites is 8. The minimum Gasteiger partial charge on any atom is -0.453 e. The van der Waals surface area contributed by atoms with Gasteiger partial charge in [0.15, 0.2) is 23.0 Å². The minimum atomic E-state index is 0.494. The molecule has 7 aromatic carbocycles. The molecule has 0 fully saturated rings. The van der Waals surface area contributed by atoms with E-state index in [1.54, 1.807) is 0 Å². The van der Waals surface area contributed by atoms with Crippen LogP contribution in [0.15, 0.2) is 158 Å². The van der Waals surface area contributed by atoms with Crippen molar-refractivity contribution in [3.8, 4) is 57.4 Å². The van der Waals surface area contributed by atoms with Gasteiger partial charge in [0, 0.05) is 22.5 Å². The average molecular weight is 643 g/mol. The van der Waals surface area contributed by atoms with Gasteiger partial charge in [0.05, 0.1) is 46.0 Å². The molecule has 0 radical (unpaired) electrons. The number of fused-ring (bicyclic) bond motifs is 4. The van der Waals surface area contributed by atoms with Crippen LogP contribution >= 0.6 is 0 Å². The molecule has 0 unspecified atom stereocenters. The Balaban J connectivity index is 1.06. The lowest BCUT2D eigenvalue weighted by atomic mass is 9.91. The van der Waals surface area contributed by atoms with Gasteiger partial charge in [0.25, 0.3) is 0 Å². The van der Waals surface area contributed by atoms with E-state index < -0.39 is 0 Å². The maximum absolute atomic E-state index is 10.3. The van der Waals surface area contributed by atoms with Crippen LogP contribution in [-0.4, -0.2) is 0 Å². The van der Waals surface area contributed by atoms with E-state index in [4.69, 9.17) is 9.47 Å². The normalized spacial score (nSPS) is 12.2. The molecule has 0 aromatic heterocycles. The number of ether oxygens (including phenoxy) is 2. The molecule has 2 aliphatic rings. The zero-order chi connectivity index (χ0) is 33.6.